The Morgan fingerprint density at radius 3 is 1.01 bits per heavy atom. The zero-order valence-electron chi connectivity index (χ0n) is 59.8. The van der Waals surface area contributed by atoms with Crippen LogP contribution in [0.3, 0.4) is 0 Å². The molecule has 0 saturated carbocycles. The van der Waals surface area contributed by atoms with Crippen LogP contribution < -0.4 is 5.46 Å². The van der Waals surface area contributed by atoms with Gasteiger partial charge in [0.05, 0.1) is 22.1 Å². The van der Waals surface area contributed by atoms with E-state index in [0.717, 1.165) is 37.9 Å². The second-order valence-electron chi connectivity index (χ2n) is 28.6. The molecular formula is C96H70BBrN8O2. The molecule has 0 saturated heterocycles. The molecule has 20 rings (SSSR count). The number of hydrogen-bond donors (Lipinski definition) is 2. The minimum atomic E-state index is -1.55. The van der Waals surface area contributed by atoms with Crippen molar-refractivity contribution in [3.05, 3.63) is 366 Å². The zero-order chi connectivity index (χ0) is 73.2. The van der Waals surface area contributed by atoms with E-state index in [1.165, 1.54) is 105 Å². The van der Waals surface area contributed by atoms with Crippen molar-refractivity contribution in [3.63, 3.8) is 0 Å². The third-order valence-electron chi connectivity index (χ3n) is 21.2. The Balaban J connectivity index is 0.000000124. The smallest absolute Gasteiger partial charge is 0.423 e. The number of fused-ring (bicyclic) bond motifs is 12. The van der Waals surface area contributed by atoms with Gasteiger partial charge < -0.3 is 19.2 Å². The van der Waals surface area contributed by atoms with Gasteiger partial charge in [-0.15, -0.1) is 0 Å². The van der Waals surface area contributed by atoms with Gasteiger partial charge in [0.2, 0.25) is 0 Å². The van der Waals surface area contributed by atoms with Crippen LogP contribution in [0.1, 0.15) is 49.9 Å². The van der Waals surface area contributed by atoms with Crippen LogP contribution in [0.5, 0.6) is 0 Å². The van der Waals surface area contributed by atoms with E-state index in [-0.39, 0.29) is 10.8 Å². The molecular weight excluding hydrogens is 1390 g/mol. The molecule has 14 aromatic carbocycles. The summed E-state index contributed by atoms with van der Waals surface area (Å²) in [5.74, 6) is 3.58. The molecule has 18 aromatic rings. The molecule has 2 aliphatic carbocycles. The highest BCUT2D eigenvalue weighted by atomic mass is 79.9. The largest absolute Gasteiger partial charge is 0.488 e. The monoisotopic (exact) mass is 1460 g/mol. The summed E-state index contributed by atoms with van der Waals surface area (Å²) in [5, 5.41) is 24.1. The van der Waals surface area contributed by atoms with Crippen LogP contribution in [0, 0.1) is 0 Å². The lowest BCUT2D eigenvalue weighted by Crippen LogP contribution is -2.29. The topological polar surface area (TPSA) is 128 Å². The highest BCUT2D eigenvalue weighted by Gasteiger charge is 2.38. The average Bonchev–Trinajstić information content (AvgIpc) is 1.55. The van der Waals surface area contributed by atoms with Gasteiger partial charge >= 0.3 is 7.12 Å². The number of benzene rings is 14. The van der Waals surface area contributed by atoms with E-state index in [0.29, 0.717) is 46.0 Å². The SMILES string of the molecule is CC1(C)c2cc(-c3cccc(-c4nc(-c5ccccc5)nc(-c5ccccc5)n4)c3)ccc2-c2cc3c4ccccc4n(-c4ccccc4)c3cc21.CC1(C)c2cc(Br)ccc2-c2cc3c4ccccc4n(-c4ccccc4)c3cc21.OB(O)c1cccc(-c2nc(-c3ccccc3)nc(-c3ccccc3)n2)c1. The molecule has 0 radical (unpaired) electrons. The fourth-order valence-electron chi connectivity index (χ4n) is 15.8. The quantitative estimate of drug-likeness (QED) is 0.130. The standard InChI is InChI=1S/C48H34N4.C27H20BrN.C21H16BN3O2/c1-48(2)41-28-34(25-26-37(41)39-29-40-38-23-12-13-24-43(38)52(44(40)30-42(39)48)36-21-10-5-11-22-36)33-19-14-20-35(27-33)47-50-45(31-15-6-3-7-16-31)49-46(51-47)32-17-8-4-9-18-32;1-27(2)23-14-17(28)12-13-19(23)21-15-22-20-10-6-7-11-25(20)29(26(22)16-24(21)27)18-8-4-3-5-9-18;26-22(27)18-13-7-12-17(14-18)21-24-19(15-8-3-1-4-9-15)23-20(25-21)16-10-5-2-6-11-16/h3-30H,1-2H3;3-16H,1-2H3;1-14,26-27H. The van der Waals surface area contributed by atoms with Gasteiger partial charge in [-0.05, 0) is 146 Å². The van der Waals surface area contributed by atoms with Gasteiger partial charge in [-0.3, -0.25) is 0 Å². The Morgan fingerprint density at radius 2 is 0.583 bits per heavy atom. The lowest BCUT2D eigenvalue weighted by atomic mass is 9.79. The van der Waals surface area contributed by atoms with Gasteiger partial charge in [0, 0.05) is 81.6 Å². The van der Waals surface area contributed by atoms with Crippen LogP contribution in [0.25, 0.3) is 157 Å². The van der Waals surface area contributed by atoms with Crippen molar-refractivity contribution in [2.75, 3.05) is 0 Å². The van der Waals surface area contributed by atoms with Gasteiger partial charge in [-0.25, -0.2) is 29.9 Å². The summed E-state index contributed by atoms with van der Waals surface area (Å²) < 4.78 is 5.95. The summed E-state index contributed by atoms with van der Waals surface area (Å²) in [6.07, 6.45) is 0. The molecule has 0 spiro atoms. The first kappa shape index (κ1) is 67.1. The summed E-state index contributed by atoms with van der Waals surface area (Å²) in [4.78, 5) is 28.7. The van der Waals surface area contributed by atoms with Gasteiger partial charge in [-0.1, -0.05) is 298 Å². The molecule has 0 amide bonds. The Bertz CT molecular complexity index is 6350. The molecule has 0 fully saturated rings. The molecule has 2 N–H and O–H groups in total. The molecule has 0 bridgehead atoms. The van der Waals surface area contributed by atoms with E-state index in [1.54, 1.807) is 18.2 Å². The number of para-hydroxylation sites is 4. The van der Waals surface area contributed by atoms with Crippen LogP contribution in [-0.4, -0.2) is 56.2 Å². The number of halogens is 1. The molecule has 12 heteroatoms. The average molecular weight is 1460 g/mol. The van der Waals surface area contributed by atoms with Crippen molar-refractivity contribution in [1.29, 1.82) is 0 Å². The van der Waals surface area contributed by atoms with Gasteiger partial charge in [0.15, 0.2) is 34.9 Å². The Labute approximate surface area is 635 Å². The van der Waals surface area contributed by atoms with Crippen molar-refractivity contribution in [1.82, 2.24) is 39.0 Å². The van der Waals surface area contributed by atoms with Crippen LogP contribution in [0.15, 0.2) is 344 Å². The summed E-state index contributed by atoms with van der Waals surface area (Å²) in [6.45, 7) is 9.40. The number of nitrogens with zero attached hydrogens (tertiary/aromatic N) is 8. The van der Waals surface area contributed by atoms with Gasteiger partial charge in [0.25, 0.3) is 0 Å². The van der Waals surface area contributed by atoms with E-state index in [9.17, 15) is 10.0 Å². The highest BCUT2D eigenvalue weighted by molar-refractivity contribution is 9.10. The maximum atomic E-state index is 9.46. The van der Waals surface area contributed by atoms with E-state index < -0.39 is 7.12 Å². The van der Waals surface area contributed by atoms with E-state index in [4.69, 9.17) is 15.0 Å². The summed E-state index contributed by atoms with van der Waals surface area (Å²) >= 11 is 3.67. The van der Waals surface area contributed by atoms with Gasteiger partial charge in [0.1, 0.15) is 0 Å². The lowest BCUT2D eigenvalue weighted by molar-refractivity contribution is 0.426. The molecule has 0 aliphatic heterocycles. The summed E-state index contributed by atoms with van der Waals surface area (Å²) in [7, 11) is -1.55. The fourth-order valence-corrected chi connectivity index (χ4v) is 16.2. The van der Waals surface area contributed by atoms with Crippen LogP contribution >= 0.6 is 15.9 Å². The Morgan fingerprint density at radius 1 is 0.259 bits per heavy atom. The van der Waals surface area contributed by atoms with Crippen LogP contribution in [-0.2, 0) is 10.8 Å². The number of rotatable bonds is 10. The molecule has 108 heavy (non-hydrogen) atoms. The Kier molecular flexibility index (Phi) is 17.1. The van der Waals surface area contributed by atoms with Crippen LogP contribution in [0.4, 0.5) is 0 Å². The maximum Gasteiger partial charge on any atom is 0.488 e. The molecule has 4 heterocycles. The summed E-state index contributed by atoms with van der Waals surface area (Å²) in [6, 6.07) is 117. The fraction of sp³-hybridized carbons (Fsp3) is 0.0625. The second kappa shape index (κ2) is 27.6. The predicted octanol–water partition coefficient (Wildman–Crippen LogP) is 22.3. The van der Waals surface area contributed by atoms with Crippen molar-refractivity contribution in [3.8, 4) is 113 Å². The van der Waals surface area contributed by atoms with E-state index >= 15 is 0 Å². The first-order valence-electron chi connectivity index (χ1n) is 36.3. The molecule has 4 aromatic heterocycles. The molecule has 516 valence electrons. The first-order valence-corrected chi connectivity index (χ1v) is 37.1. The third-order valence-corrected chi connectivity index (χ3v) is 21.7. The van der Waals surface area contributed by atoms with Crippen molar-refractivity contribution < 1.29 is 10.0 Å². The molecule has 0 atom stereocenters. The minimum absolute atomic E-state index is 0.0272. The maximum absolute atomic E-state index is 9.46. The minimum Gasteiger partial charge on any atom is -0.423 e. The second-order valence-corrected chi connectivity index (χ2v) is 29.5. The number of hydrogen-bond acceptors (Lipinski definition) is 8. The third kappa shape index (κ3) is 12.2. The normalized spacial score (nSPS) is 12.7. The zero-order valence-corrected chi connectivity index (χ0v) is 61.3. The van der Waals surface area contributed by atoms with Crippen molar-refractivity contribution in [2.45, 2.75) is 38.5 Å². The predicted molar refractivity (Wildman–Crippen MR) is 445 cm³/mol. The van der Waals surface area contributed by atoms with Crippen LogP contribution in [0.2, 0.25) is 0 Å². The van der Waals surface area contributed by atoms with Gasteiger partial charge in [-0.2, -0.15) is 0 Å². The van der Waals surface area contributed by atoms with E-state index in [1.807, 2.05) is 127 Å². The molecule has 2 aliphatic rings. The Hall–Kier alpha value is -12.8. The van der Waals surface area contributed by atoms with E-state index in [2.05, 4.69) is 262 Å². The van der Waals surface area contributed by atoms with Crippen molar-refractivity contribution >= 4 is 72.1 Å². The lowest BCUT2D eigenvalue weighted by Gasteiger charge is -2.22. The van der Waals surface area contributed by atoms with Crippen molar-refractivity contribution in [2.24, 2.45) is 0 Å². The highest BCUT2D eigenvalue weighted by Crippen LogP contribution is 2.54. The first-order chi connectivity index (χ1) is 52.8. The molecule has 0 unspecified atom stereocenters. The molecule has 10 nitrogen and oxygen atoms in total. The number of aromatic nitrogens is 8. The summed E-state index contributed by atoms with van der Waals surface area (Å²) in [5.41, 5.74) is 26.0.